The van der Waals surface area contributed by atoms with E-state index in [2.05, 4.69) is 20.3 Å². The molecule has 0 saturated heterocycles. The second-order valence-corrected chi connectivity index (χ2v) is 2.26. The van der Waals surface area contributed by atoms with Crippen LogP contribution in [-0.4, -0.2) is 23.4 Å². The highest BCUT2D eigenvalue weighted by Gasteiger charge is 2.00. The van der Waals surface area contributed by atoms with Crippen LogP contribution in [0.2, 0.25) is 0 Å². The van der Waals surface area contributed by atoms with Crippen LogP contribution in [0.3, 0.4) is 0 Å². The van der Waals surface area contributed by atoms with Gasteiger partial charge in [-0.15, -0.1) is 0 Å². The van der Waals surface area contributed by atoms with Crippen molar-refractivity contribution in [1.82, 2.24) is 9.97 Å². The maximum atomic E-state index is 5.56. The third-order valence-electron chi connectivity index (χ3n) is 1.45. The summed E-state index contributed by atoms with van der Waals surface area (Å²) in [6, 6.07) is 0. The Labute approximate surface area is 70.8 Å². The smallest absolute Gasteiger partial charge is 0.139 e. The molecule has 1 aromatic heterocycles. The lowest BCUT2D eigenvalue weighted by Crippen LogP contribution is -2.03. The van der Waals surface area contributed by atoms with Crippen LogP contribution in [0.1, 0.15) is 5.56 Å². The molecule has 0 unspecified atom stereocenters. The zero-order chi connectivity index (χ0) is 8.97. The van der Waals surface area contributed by atoms with Gasteiger partial charge in [-0.2, -0.15) is 0 Å². The molecule has 0 aliphatic carbocycles. The Morgan fingerprint density at radius 3 is 3.00 bits per heavy atom. The van der Waals surface area contributed by atoms with Gasteiger partial charge in [0, 0.05) is 12.6 Å². The Hall–Kier alpha value is -1.65. The molecule has 0 aliphatic heterocycles. The molecule has 0 amide bonds. The summed E-state index contributed by atoms with van der Waals surface area (Å²) in [5, 5.41) is 2.88. The summed E-state index contributed by atoms with van der Waals surface area (Å²) in [7, 11) is 1.67. The summed E-state index contributed by atoms with van der Waals surface area (Å²) in [5.41, 5.74) is 6.39. The highest BCUT2D eigenvalue weighted by atomic mass is 15.0. The minimum absolute atomic E-state index is 0.483. The lowest BCUT2D eigenvalue weighted by atomic mass is 10.3. The Kier molecular flexibility index (Phi) is 2.57. The largest absolute Gasteiger partial charge is 0.383 e. The van der Waals surface area contributed by atoms with E-state index in [0.29, 0.717) is 11.6 Å². The Morgan fingerprint density at radius 1 is 1.58 bits per heavy atom. The number of anilines is 2. The number of nitrogen functional groups attached to an aromatic ring is 1. The third-order valence-corrected chi connectivity index (χ3v) is 1.45. The molecule has 1 aromatic rings. The standard InChI is InChI=1S/C7H11N5/c1-5-6(8)10-4-12-7(5)11-3-9-2/h3-4H,1-2H3,(H3,8,9,10,11,12). The molecule has 1 heterocycles. The van der Waals surface area contributed by atoms with Gasteiger partial charge in [-0.05, 0) is 6.92 Å². The molecule has 0 aliphatic rings. The lowest BCUT2D eigenvalue weighted by Gasteiger charge is -2.03. The molecule has 0 saturated carbocycles. The maximum Gasteiger partial charge on any atom is 0.139 e. The second kappa shape index (κ2) is 3.66. The van der Waals surface area contributed by atoms with E-state index in [1.165, 1.54) is 6.33 Å². The number of hydrogen-bond acceptors (Lipinski definition) is 4. The summed E-state index contributed by atoms with van der Waals surface area (Å²) in [5.74, 6) is 1.17. The topological polar surface area (TPSA) is 76.2 Å². The first kappa shape index (κ1) is 8.45. The summed E-state index contributed by atoms with van der Waals surface area (Å²) in [6.45, 7) is 1.85. The van der Waals surface area contributed by atoms with E-state index in [4.69, 9.17) is 5.73 Å². The Balaban J connectivity index is 2.92. The normalized spacial score (nSPS) is 10.5. The van der Waals surface area contributed by atoms with Crippen LogP contribution in [0.15, 0.2) is 11.3 Å². The van der Waals surface area contributed by atoms with Crippen molar-refractivity contribution in [3.05, 3.63) is 11.9 Å². The quantitative estimate of drug-likeness (QED) is 0.492. The lowest BCUT2D eigenvalue weighted by molar-refractivity contribution is 1.15. The van der Waals surface area contributed by atoms with Crippen LogP contribution in [-0.2, 0) is 0 Å². The predicted octanol–water partition coefficient (Wildman–Crippen LogP) is 0.437. The molecular weight excluding hydrogens is 154 g/mol. The minimum Gasteiger partial charge on any atom is -0.383 e. The zero-order valence-corrected chi connectivity index (χ0v) is 7.07. The summed E-state index contributed by atoms with van der Waals surface area (Å²) in [6.07, 6.45) is 2.96. The summed E-state index contributed by atoms with van der Waals surface area (Å²) in [4.78, 5) is 11.6. The van der Waals surface area contributed by atoms with E-state index >= 15 is 0 Å². The highest BCUT2D eigenvalue weighted by Crippen LogP contribution is 2.13. The van der Waals surface area contributed by atoms with Gasteiger partial charge in [0.15, 0.2) is 0 Å². The van der Waals surface area contributed by atoms with E-state index in [9.17, 15) is 0 Å². The number of aliphatic imine (C=N–C) groups is 1. The molecule has 0 bridgehead atoms. The van der Waals surface area contributed by atoms with Crippen molar-refractivity contribution < 1.29 is 0 Å². The van der Waals surface area contributed by atoms with Crippen LogP contribution in [0, 0.1) is 6.92 Å². The van der Waals surface area contributed by atoms with Crippen molar-refractivity contribution >= 4 is 18.0 Å². The Morgan fingerprint density at radius 2 is 2.33 bits per heavy atom. The molecule has 0 aromatic carbocycles. The van der Waals surface area contributed by atoms with Gasteiger partial charge in [-0.1, -0.05) is 0 Å². The van der Waals surface area contributed by atoms with Crippen molar-refractivity contribution in [2.75, 3.05) is 18.1 Å². The molecule has 1 rings (SSSR count). The van der Waals surface area contributed by atoms with Crippen molar-refractivity contribution in [2.24, 2.45) is 4.99 Å². The summed E-state index contributed by atoms with van der Waals surface area (Å²) >= 11 is 0. The number of aromatic nitrogens is 2. The maximum absolute atomic E-state index is 5.56. The Bertz CT molecular complexity index is 294. The molecule has 64 valence electrons. The fraction of sp³-hybridized carbons (Fsp3) is 0.286. The second-order valence-electron chi connectivity index (χ2n) is 2.26. The molecule has 5 nitrogen and oxygen atoms in total. The van der Waals surface area contributed by atoms with Gasteiger partial charge in [-0.3, -0.25) is 4.99 Å². The van der Waals surface area contributed by atoms with Crippen LogP contribution < -0.4 is 11.1 Å². The third kappa shape index (κ3) is 1.69. The zero-order valence-electron chi connectivity index (χ0n) is 7.07. The first-order valence-electron chi connectivity index (χ1n) is 3.50. The molecule has 12 heavy (non-hydrogen) atoms. The van der Waals surface area contributed by atoms with E-state index < -0.39 is 0 Å². The number of nitrogens with one attached hydrogen (secondary N) is 1. The minimum atomic E-state index is 0.483. The molecule has 0 radical (unpaired) electrons. The molecule has 3 N–H and O–H groups in total. The van der Waals surface area contributed by atoms with Crippen LogP contribution in [0.25, 0.3) is 0 Å². The van der Waals surface area contributed by atoms with Crippen molar-refractivity contribution in [1.29, 1.82) is 0 Å². The fourth-order valence-corrected chi connectivity index (χ4v) is 0.735. The molecule has 5 heteroatoms. The first-order chi connectivity index (χ1) is 5.75. The fourth-order valence-electron chi connectivity index (χ4n) is 0.735. The van der Waals surface area contributed by atoms with Crippen LogP contribution >= 0.6 is 0 Å². The van der Waals surface area contributed by atoms with Crippen molar-refractivity contribution in [2.45, 2.75) is 6.92 Å². The van der Waals surface area contributed by atoms with Crippen molar-refractivity contribution in [3.8, 4) is 0 Å². The van der Waals surface area contributed by atoms with Gasteiger partial charge in [0.2, 0.25) is 0 Å². The van der Waals surface area contributed by atoms with E-state index in [-0.39, 0.29) is 0 Å². The molecule has 0 atom stereocenters. The van der Waals surface area contributed by atoms with Gasteiger partial charge in [-0.25, -0.2) is 9.97 Å². The number of nitrogens with two attached hydrogens (primary N) is 1. The molecule has 0 spiro atoms. The number of hydrogen-bond donors (Lipinski definition) is 2. The van der Waals surface area contributed by atoms with Gasteiger partial charge in [0.25, 0.3) is 0 Å². The van der Waals surface area contributed by atoms with Gasteiger partial charge in [0.05, 0.1) is 6.34 Å². The van der Waals surface area contributed by atoms with Gasteiger partial charge < -0.3 is 11.1 Å². The average molecular weight is 165 g/mol. The van der Waals surface area contributed by atoms with Crippen molar-refractivity contribution in [3.63, 3.8) is 0 Å². The number of rotatable bonds is 2. The molecular formula is C7H11N5. The average Bonchev–Trinajstić information content (AvgIpc) is 2.08. The highest BCUT2D eigenvalue weighted by molar-refractivity contribution is 5.76. The van der Waals surface area contributed by atoms with Crippen LogP contribution in [0.5, 0.6) is 0 Å². The van der Waals surface area contributed by atoms with E-state index in [0.717, 1.165) is 5.56 Å². The van der Waals surface area contributed by atoms with Gasteiger partial charge >= 0.3 is 0 Å². The van der Waals surface area contributed by atoms with E-state index in [1.54, 1.807) is 13.4 Å². The molecule has 0 fully saturated rings. The number of nitrogens with zero attached hydrogens (tertiary/aromatic N) is 3. The van der Waals surface area contributed by atoms with Gasteiger partial charge in [0.1, 0.15) is 18.0 Å². The predicted molar refractivity (Wildman–Crippen MR) is 49.2 cm³/mol. The monoisotopic (exact) mass is 165 g/mol. The SMILES string of the molecule is CN=CNc1ncnc(N)c1C. The van der Waals surface area contributed by atoms with Crippen LogP contribution in [0.4, 0.5) is 11.6 Å². The first-order valence-corrected chi connectivity index (χ1v) is 3.50. The van der Waals surface area contributed by atoms with E-state index in [1.807, 2.05) is 6.92 Å². The summed E-state index contributed by atoms with van der Waals surface area (Å²) < 4.78 is 0.